The monoisotopic (exact) mass is 470 g/mol. The highest BCUT2D eigenvalue weighted by atomic mass is 32.2. The Morgan fingerprint density at radius 3 is 2.45 bits per heavy atom. The van der Waals surface area contributed by atoms with Crippen LogP contribution in [0.1, 0.15) is 46.4 Å². The molecule has 0 saturated carbocycles. The molecule has 0 amide bonds. The average molecular weight is 471 g/mol. The summed E-state index contributed by atoms with van der Waals surface area (Å²) in [5.74, 6) is -1.02. The number of methoxy groups -OCH3 is 1. The summed E-state index contributed by atoms with van der Waals surface area (Å²) in [4.78, 5) is 28.5. The van der Waals surface area contributed by atoms with Crippen molar-refractivity contribution in [2.75, 3.05) is 26.8 Å². The zero-order chi connectivity index (χ0) is 23.4. The highest BCUT2D eigenvalue weighted by Gasteiger charge is 2.27. The number of H-pyrrole nitrogens is 1. The van der Waals surface area contributed by atoms with E-state index in [0.29, 0.717) is 18.7 Å². The van der Waals surface area contributed by atoms with Gasteiger partial charge >= 0.3 is 5.97 Å². The van der Waals surface area contributed by atoms with Gasteiger partial charge in [0, 0.05) is 35.8 Å². The van der Waals surface area contributed by atoms with Crippen LogP contribution in [0.3, 0.4) is 0 Å². The van der Waals surface area contributed by atoms with E-state index >= 15 is 0 Å². The number of hydrogen-bond acceptors (Lipinski definition) is 6. The maximum atomic E-state index is 13.1. The number of rotatable bonds is 7. The Bertz CT molecular complexity index is 1270. The molecule has 1 N–H and O–H groups in total. The molecule has 1 fully saturated rings. The van der Waals surface area contributed by atoms with Gasteiger partial charge in [-0.25, -0.2) is 13.2 Å². The number of aromatic amines is 1. The third-order valence-corrected chi connectivity index (χ3v) is 7.71. The van der Waals surface area contributed by atoms with E-state index in [2.05, 4.69) is 4.98 Å². The zero-order valence-corrected chi connectivity index (χ0v) is 19.2. The highest BCUT2D eigenvalue weighted by Crippen LogP contribution is 2.27. The summed E-state index contributed by atoms with van der Waals surface area (Å²) >= 11 is 0. The van der Waals surface area contributed by atoms with Crippen molar-refractivity contribution in [3.05, 3.63) is 59.8 Å². The van der Waals surface area contributed by atoms with Crippen molar-refractivity contribution in [2.24, 2.45) is 0 Å². The van der Waals surface area contributed by atoms with E-state index in [1.54, 1.807) is 12.3 Å². The standard InChI is InChI=1S/C24H26N2O6S/c1-31-23-11-10-17(33(29,30)26-12-6-2-3-7-13-26)14-19(23)24(28)32-16-22(27)20-15-25-21-9-5-4-8-18(20)21/h4-5,8-11,14-15,25H,2-3,6-7,12-13,16H2,1H3. The number of benzene rings is 2. The second-order valence-corrected chi connectivity index (χ2v) is 9.87. The summed E-state index contributed by atoms with van der Waals surface area (Å²) in [6.45, 7) is 0.424. The molecule has 0 atom stereocenters. The van der Waals surface area contributed by atoms with Crippen LogP contribution in [-0.2, 0) is 14.8 Å². The third-order valence-electron chi connectivity index (χ3n) is 5.82. The van der Waals surface area contributed by atoms with Crippen LogP contribution in [0.25, 0.3) is 10.9 Å². The van der Waals surface area contributed by atoms with E-state index in [4.69, 9.17) is 9.47 Å². The Morgan fingerprint density at radius 1 is 1.00 bits per heavy atom. The maximum absolute atomic E-state index is 13.1. The van der Waals surface area contributed by atoms with E-state index in [0.717, 1.165) is 36.6 Å². The first-order chi connectivity index (χ1) is 15.9. The van der Waals surface area contributed by atoms with E-state index in [1.807, 2.05) is 18.2 Å². The van der Waals surface area contributed by atoms with E-state index in [1.165, 1.54) is 29.6 Å². The molecule has 0 bridgehead atoms. The second kappa shape index (κ2) is 9.76. The van der Waals surface area contributed by atoms with Gasteiger partial charge in [-0.2, -0.15) is 4.31 Å². The van der Waals surface area contributed by atoms with Crippen LogP contribution in [0.2, 0.25) is 0 Å². The molecule has 0 unspecified atom stereocenters. The summed E-state index contributed by atoms with van der Waals surface area (Å²) < 4.78 is 38.2. The Balaban J connectivity index is 1.53. The molecule has 33 heavy (non-hydrogen) atoms. The van der Waals surface area contributed by atoms with Gasteiger partial charge in [0.1, 0.15) is 11.3 Å². The number of fused-ring (bicyclic) bond motifs is 1. The molecule has 8 nitrogen and oxygen atoms in total. The minimum Gasteiger partial charge on any atom is -0.496 e. The number of esters is 1. The number of carbonyl (C=O) groups is 2. The highest BCUT2D eigenvalue weighted by molar-refractivity contribution is 7.89. The summed E-state index contributed by atoms with van der Waals surface area (Å²) in [7, 11) is -2.38. The number of Topliss-reactive ketones (excluding diaryl/α,β-unsaturated/α-hetero) is 1. The van der Waals surface area contributed by atoms with Gasteiger partial charge < -0.3 is 14.5 Å². The molecule has 2 heterocycles. The quantitative estimate of drug-likeness (QED) is 0.416. The molecule has 1 aliphatic heterocycles. The molecule has 1 aromatic heterocycles. The summed E-state index contributed by atoms with van der Waals surface area (Å²) in [5, 5.41) is 0.738. The molecule has 0 radical (unpaired) electrons. The number of nitrogens with one attached hydrogen (secondary N) is 1. The molecule has 0 aliphatic carbocycles. The van der Waals surface area contributed by atoms with Crippen molar-refractivity contribution in [1.29, 1.82) is 0 Å². The molecule has 4 rings (SSSR count). The zero-order valence-electron chi connectivity index (χ0n) is 18.4. The van der Waals surface area contributed by atoms with Crippen molar-refractivity contribution >= 4 is 32.7 Å². The number of sulfonamides is 1. The Labute approximate surface area is 192 Å². The van der Waals surface area contributed by atoms with Crippen LogP contribution >= 0.6 is 0 Å². The molecule has 9 heteroatoms. The number of ketones is 1. The van der Waals surface area contributed by atoms with Gasteiger partial charge in [-0.3, -0.25) is 4.79 Å². The van der Waals surface area contributed by atoms with Gasteiger partial charge in [0.15, 0.2) is 6.61 Å². The number of ether oxygens (including phenoxy) is 2. The molecule has 3 aromatic rings. The maximum Gasteiger partial charge on any atom is 0.342 e. The lowest BCUT2D eigenvalue weighted by molar-refractivity contribution is 0.0471. The lowest BCUT2D eigenvalue weighted by atomic mass is 10.1. The summed E-state index contributed by atoms with van der Waals surface area (Å²) in [5.41, 5.74) is 1.18. The van der Waals surface area contributed by atoms with Gasteiger partial charge in [0.05, 0.1) is 12.0 Å². The fourth-order valence-corrected chi connectivity index (χ4v) is 5.57. The Morgan fingerprint density at radius 2 is 1.73 bits per heavy atom. The van der Waals surface area contributed by atoms with E-state index < -0.39 is 22.6 Å². The number of aromatic nitrogens is 1. The minimum atomic E-state index is -3.76. The van der Waals surface area contributed by atoms with Gasteiger partial charge in [0.2, 0.25) is 15.8 Å². The number of nitrogens with zero attached hydrogens (tertiary/aromatic N) is 1. The third kappa shape index (κ3) is 4.79. The average Bonchev–Trinajstić information content (AvgIpc) is 3.06. The molecule has 1 aliphatic rings. The van der Waals surface area contributed by atoms with E-state index in [9.17, 15) is 18.0 Å². The van der Waals surface area contributed by atoms with Crippen LogP contribution in [-0.4, -0.2) is 56.3 Å². The van der Waals surface area contributed by atoms with Crippen molar-refractivity contribution in [1.82, 2.24) is 9.29 Å². The first-order valence-corrected chi connectivity index (χ1v) is 12.3. The minimum absolute atomic E-state index is 0.0000974. The summed E-state index contributed by atoms with van der Waals surface area (Å²) in [6.07, 6.45) is 5.18. The van der Waals surface area contributed by atoms with Crippen molar-refractivity contribution < 1.29 is 27.5 Å². The topological polar surface area (TPSA) is 106 Å². The molecule has 174 valence electrons. The van der Waals surface area contributed by atoms with Crippen LogP contribution in [0.15, 0.2) is 53.6 Å². The smallest absolute Gasteiger partial charge is 0.342 e. The fourth-order valence-electron chi connectivity index (χ4n) is 4.03. The Hall–Kier alpha value is -3.17. The number of para-hydroxylation sites is 1. The lowest BCUT2D eigenvalue weighted by Gasteiger charge is -2.20. The van der Waals surface area contributed by atoms with Gasteiger partial charge in [-0.15, -0.1) is 0 Å². The normalized spacial score (nSPS) is 15.2. The summed E-state index contributed by atoms with van der Waals surface area (Å²) in [6, 6.07) is 11.4. The SMILES string of the molecule is COc1ccc(S(=O)(=O)N2CCCCCC2)cc1C(=O)OCC(=O)c1c[nH]c2ccccc12. The first-order valence-electron chi connectivity index (χ1n) is 10.9. The van der Waals surface area contributed by atoms with Crippen molar-refractivity contribution in [3.63, 3.8) is 0 Å². The predicted octanol–water partition coefficient (Wildman–Crippen LogP) is 3.78. The largest absolute Gasteiger partial charge is 0.496 e. The van der Waals surface area contributed by atoms with Gasteiger partial charge in [0.25, 0.3) is 0 Å². The van der Waals surface area contributed by atoms with Crippen molar-refractivity contribution in [3.8, 4) is 5.75 Å². The van der Waals surface area contributed by atoms with Gasteiger partial charge in [-0.1, -0.05) is 31.0 Å². The number of hydrogen-bond donors (Lipinski definition) is 1. The first kappa shape index (κ1) is 23.0. The van der Waals surface area contributed by atoms with Crippen LogP contribution < -0.4 is 4.74 Å². The number of carbonyl (C=O) groups excluding carboxylic acids is 2. The Kier molecular flexibility index (Phi) is 6.80. The van der Waals surface area contributed by atoms with E-state index in [-0.39, 0.29) is 22.0 Å². The molecular formula is C24H26N2O6S. The molecular weight excluding hydrogens is 444 g/mol. The van der Waals surface area contributed by atoms with Gasteiger partial charge in [-0.05, 0) is 37.1 Å². The molecule has 1 saturated heterocycles. The van der Waals surface area contributed by atoms with Crippen LogP contribution in [0.4, 0.5) is 0 Å². The molecule has 0 spiro atoms. The second-order valence-electron chi connectivity index (χ2n) is 7.93. The fraction of sp³-hybridized carbons (Fsp3) is 0.333. The predicted molar refractivity (Wildman–Crippen MR) is 123 cm³/mol. The van der Waals surface area contributed by atoms with Crippen molar-refractivity contribution in [2.45, 2.75) is 30.6 Å². The van der Waals surface area contributed by atoms with Crippen LogP contribution in [0.5, 0.6) is 5.75 Å². The molecule has 2 aromatic carbocycles. The lowest BCUT2D eigenvalue weighted by Crippen LogP contribution is -2.32. The van der Waals surface area contributed by atoms with Crippen LogP contribution in [0, 0.1) is 0 Å².